The summed E-state index contributed by atoms with van der Waals surface area (Å²) < 4.78 is 5.07. The Hall–Kier alpha value is -2.04. The Morgan fingerprint density at radius 2 is 1.70 bits per heavy atom. The summed E-state index contributed by atoms with van der Waals surface area (Å²) >= 11 is 0. The molecule has 0 aromatic heterocycles. The van der Waals surface area contributed by atoms with E-state index >= 15 is 0 Å². The molecule has 0 aliphatic carbocycles. The van der Waals surface area contributed by atoms with E-state index in [0.717, 1.165) is 6.42 Å². The van der Waals surface area contributed by atoms with Gasteiger partial charge in [-0.3, -0.25) is 9.59 Å². The minimum Gasteiger partial charge on any atom is -0.497 e. The van der Waals surface area contributed by atoms with Crippen molar-refractivity contribution in [1.82, 2.24) is 10.6 Å². The summed E-state index contributed by atoms with van der Waals surface area (Å²) in [4.78, 5) is 24.6. The fourth-order valence-corrected chi connectivity index (χ4v) is 2.10. The van der Waals surface area contributed by atoms with E-state index in [9.17, 15) is 9.59 Å². The van der Waals surface area contributed by atoms with Crippen LogP contribution in [-0.4, -0.2) is 31.5 Å². The van der Waals surface area contributed by atoms with Crippen LogP contribution in [0, 0.1) is 11.8 Å². The third kappa shape index (κ3) is 6.30. The van der Waals surface area contributed by atoms with Gasteiger partial charge in [-0.1, -0.05) is 27.7 Å². The molecule has 1 aromatic rings. The maximum Gasteiger partial charge on any atom is 0.251 e. The topological polar surface area (TPSA) is 67.4 Å². The number of nitrogens with one attached hydrogen (secondary N) is 2. The van der Waals surface area contributed by atoms with E-state index in [1.165, 1.54) is 0 Å². The van der Waals surface area contributed by atoms with Crippen molar-refractivity contribution >= 4 is 11.8 Å². The number of amides is 2. The molecule has 0 fully saturated rings. The zero-order valence-electron chi connectivity index (χ0n) is 14.7. The highest BCUT2D eigenvalue weighted by Gasteiger charge is 2.24. The van der Waals surface area contributed by atoms with Crippen LogP contribution in [0.1, 0.15) is 44.5 Å². The van der Waals surface area contributed by atoms with Gasteiger partial charge in [-0.2, -0.15) is 0 Å². The average molecular weight is 320 g/mol. The van der Waals surface area contributed by atoms with Crippen LogP contribution in [0.4, 0.5) is 0 Å². The first kappa shape index (κ1) is 19.0. The molecule has 0 saturated carbocycles. The lowest BCUT2D eigenvalue weighted by molar-refractivity contribution is -0.123. The first-order valence-corrected chi connectivity index (χ1v) is 8.07. The highest BCUT2D eigenvalue weighted by atomic mass is 16.5. The van der Waals surface area contributed by atoms with Gasteiger partial charge in [0.2, 0.25) is 5.91 Å². The molecule has 0 spiro atoms. The second kappa shape index (κ2) is 9.18. The van der Waals surface area contributed by atoms with Crippen LogP contribution in [0.15, 0.2) is 24.3 Å². The van der Waals surface area contributed by atoms with Crippen LogP contribution in [-0.2, 0) is 4.79 Å². The smallest absolute Gasteiger partial charge is 0.251 e. The molecule has 1 rings (SSSR count). The molecule has 5 heteroatoms. The third-order valence-electron chi connectivity index (χ3n) is 3.61. The minimum atomic E-state index is -0.545. The zero-order chi connectivity index (χ0) is 17.4. The number of carbonyl (C=O) groups excluding carboxylic acids is 2. The van der Waals surface area contributed by atoms with Gasteiger partial charge in [-0.05, 0) is 42.5 Å². The Morgan fingerprint density at radius 1 is 1.09 bits per heavy atom. The molecule has 2 N–H and O–H groups in total. The lowest BCUT2D eigenvalue weighted by atomic mass is 10.0. The summed E-state index contributed by atoms with van der Waals surface area (Å²) in [5, 5.41) is 5.71. The van der Waals surface area contributed by atoms with Crippen molar-refractivity contribution in [3.8, 4) is 5.75 Å². The van der Waals surface area contributed by atoms with Gasteiger partial charge in [0.05, 0.1) is 7.11 Å². The number of methoxy groups -OCH3 is 1. The maximum atomic E-state index is 12.3. The highest BCUT2D eigenvalue weighted by molar-refractivity contribution is 5.97. The fourth-order valence-electron chi connectivity index (χ4n) is 2.10. The summed E-state index contributed by atoms with van der Waals surface area (Å²) in [5.41, 5.74) is 0.506. The third-order valence-corrected chi connectivity index (χ3v) is 3.61. The van der Waals surface area contributed by atoms with E-state index in [0.29, 0.717) is 23.8 Å². The van der Waals surface area contributed by atoms with Crippen molar-refractivity contribution in [3.63, 3.8) is 0 Å². The van der Waals surface area contributed by atoms with Crippen LogP contribution in [0.2, 0.25) is 0 Å². The molecule has 0 radical (unpaired) electrons. The fraction of sp³-hybridized carbons (Fsp3) is 0.556. The lowest BCUT2D eigenvalue weighted by Gasteiger charge is -2.22. The number of carbonyl (C=O) groups is 2. The number of rotatable bonds is 8. The second-order valence-electron chi connectivity index (χ2n) is 6.40. The molecule has 2 amide bonds. The van der Waals surface area contributed by atoms with E-state index in [4.69, 9.17) is 4.74 Å². The summed E-state index contributed by atoms with van der Waals surface area (Å²) in [5.74, 6) is 0.833. The number of ether oxygens (including phenoxy) is 1. The van der Waals surface area contributed by atoms with Crippen molar-refractivity contribution < 1.29 is 14.3 Å². The molecular formula is C18H28N2O3. The molecule has 128 valence electrons. The highest BCUT2D eigenvalue weighted by Crippen LogP contribution is 2.12. The van der Waals surface area contributed by atoms with Gasteiger partial charge in [-0.15, -0.1) is 0 Å². The van der Waals surface area contributed by atoms with E-state index in [2.05, 4.69) is 24.5 Å². The Labute approximate surface area is 138 Å². The van der Waals surface area contributed by atoms with E-state index in [1.807, 2.05) is 13.8 Å². The van der Waals surface area contributed by atoms with Crippen LogP contribution < -0.4 is 15.4 Å². The molecule has 5 nitrogen and oxygen atoms in total. The van der Waals surface area contributed by atoms with Gasteiger partial charge < -0.3 is 15.4 Å². The van der Waals surface area contributed by atoms with Crippen LogP contribution in [0.25, 0.3) is 0 Å². The van der Waals surface area contributed by atoms with Crippen LogP contribution >= 0.6 is 0 Å². The quantitative estimate of drug-likeness (QED) is 0.774. The van der Waals surface area contributed by atoms with Crippen molar-refractivity contribution in [2.45, 2.75) is 40.2 Å². The summed E-state index contributed by atoms with van der Waals surface area (Å²) in [6.45, 7) is 8.68. The number of benzene rings is 1. The maximum absolute atomic E-state index is 12.3. The standard InChI is InChI=1S/C18H28N2O3/c1-12(2)10-11-19-18(22)16(13(3)4)20-17(21)14-6-8-15(23-5)9-7-14/h6-9,12-13,16H,10-11H2,1-5H3,(H,19,22)(H,20,21). The van der Waals surface area contributed by atoms with E-state index in [-0.39, 0.29) is 17.7 Å². The molecule has 1 atom stereocenters. The Bertz CT molecular complexity index is 510. The summed E-state index contributed by atoms with van der Waals surface area (Å²) in [6.07, 6.45) is 0.920. The van der Waals surface area contributed by atoms with Crippen LogP contribution in [0.3, 0.4) is 0 Å². The Kier molecular flexibility index (Phi) is 7.59. The van der Waals surface area contributed by atoms with Gasteiger partial charge in [0, 0.05) is 12.1 Å². The molecular weight excluding hydrogens is 292 g/mol. The summed E-state index contributed by atoms with van der Waals surface area (Å²) in [7, 11) is 1.57. The monoisotopic (exact) mass is 320 g/mol. The molecule has 0 bridgehead atoms. The van der Waals surface area contributed by atoms with E-state index < -0.39 is 6.04 Å². The molecule has 0 saturated heterocycles. The van der Waals surface area contributed by atoms with Crippen molar-refractivity contribution in [2.24, 2.45) is 11.8 Å². The van der Waals surface area contributed by atoms with Gasteiger partial charge in [0.15, 0.2) is 0 Å². The molecule has 0 aliphatic heterocycles. The van der Waals surface area contributed by atoms with Crippen molar-refractivity contribution in [1.29, 1.82) is 0 Å². The minimum absolute atomic E-state index is 0.0104. The average Bonchev–Trinajstić information content (AvgIpc) is 2.51. The predicted octanol–water partition coefficient (Wildman–Crippen LogP) is 2.61. The molecule has 1 unspecified atom stereocenters. The van der Waals surface area contributed by atoms with E-state index in [1.54, 1.807) is 31.4 Å². The second-order valence-corrected chi connectivity index (χ2v) is 6.40. The van der Waals surface area contributed by atoms with Gasteiger partial charge in [0.1, 0.15) is 11.8 Å². The number of hydrogen-bond acceptors (Lipinski definition) is 3. The Balaban J connectivity index is 2.66. The SMILES string of the molecule is COc1ccc(C(=O)NC(C(=O)NCCC(C)C)C(C)C)cc1. The lowest BCUT2D eigenvalue weighted by Crippen LogP contribution is -2.50. The van der Waals surface area contributed by atoms with Gasteiger partial charge in [0.25, 0.3) is 5.91 Å². The largest absolute Gasteiger partial charge is 0.497 e. The first-order chi connectivity index (χ1) is 10.8. The Morgan fingerprint density at radius 3 is 2.17 bits per heavy atom. The predicted molar refractivity (Wildman–Crippen MR) is 91.6 cm³/mol. The van der Waals surface area contributed by atoms with Crippen molar-refractivity contribution in [3.05, 3.63) is 29.8 Å². The molecule has 23 heavy (non-hydrogen) atoms. The zero-order valence-corrected chi connectivity index (χ0v) is 14.7. The van der Waals surface area contributed by atoms with Gasteiger partial charge in [-0.25, -0.2) is 0 Å². The van der Waals surface area contributed by atoms with Crippen LogP contribution in [0.5, 0.6) is 5.75 Å². The normalized spacial score (nSPS) is 12.1. The summed E-state index contributed by atoms with van der Waals surface area (Å²) in [6, 6.07) is 6.27. The number of hydrogen-bond donors (Lipinski definition) is 2. The molecule has 1 aromatic carbocycles. The molecule has 0 heterocycles. The van der Waals surface area contributed by atoms with Gasteiger partial charge >= 0.3 is 0 Å². The first-order valence-electron chi connectivity index (χ1n) is 8.07. The van der Waals surface area contributed by atoms with Crippen molar-refractivity contribution in [2.75, 3.05) is 13.7 Å². The molecule has 0 aliphatic rings.